The van der Waals surface area contributed by atoms with Crippen molar-refractivity contribution >= 4 is 24.8 Å². The number of nitrogens with two attached hydrogens (primary N) is 1. The van der Waals surface area contributed by atoms with Gasteiger partial charge in [-0.15, -0.1) is 24.8 Å². The van der Waals surface area contributed by atoms with Crippen LogP contribution in [0.4, 0.5) is 0 Å². The van der Waals surface area contributed by atoms with E-state index in [2.05, 4.69) is 29.8 Å². The van der Waals surface area contributed by atoms with E-state index in [1.165, 1.54) is 12.0 Å². The van der Waals surface area contributed by atoms with E-state index in [4.69, 9.17) is 5.73 Å². The van der Waals surface area contributed by atoms with E-state index >= 15 is 0 Å². The van der Waals surface area contributed by atoms with Gasteiger partial charge >= 0.3 is 0 Å². The van der Waals surface area contributed by atoms with E-state index in [1.54, 1.807) is 0 Å². The van der Waals surface area contributed by atoms with Crippen LogP contribution in [0.25, 0.3) is 0 Å². The molecule has 0 spiro atoms. The van der Waals surface area contributed by atoms with Crippen molar-refractivity contribution in [1.82, 2.24) is 9.88 Å². The monoisotopic (exact) mass is 291 g/mol. The second-order valence-corrected chi connectivity index (χ2v) is 4.87. The van der Waals surface area contributed by atoms with Crippen LogP contribution in [0, 0.1) is 5.92 Å². The Morgan fingerprint density at radius 1 is 1.39 bits per heavy atom. The van der Waals surface area contributed by atoms with Crippen LogP contribution in [-0.4, -0.2) is 29.0 Å². The molecule has 104 valence electrons. The van der Waals surface area contributed by atoms with Gasteiger partial charge < -0.3 is 5.73 Å². The quantitative estimate of drug-likeness (QED) is 0.931. The number of hydrogen-bond acceptors (Lipinski definition) is 3. The van der Waals surface area contributed by atoms with Crippen molar-refractivity contribution < 1.29 is 0 Å². The number of nitrogens with zero attached hydrogens (tertiary/aromatic N) is 2. The van der Waals surface area contributed by atoms with Gasteiger partial charge in [0.15, 0.2) is 0 Å². The van der Waals surface area contributed by atoms with E-state index in [0.717, 1.165) is 13.1 Å². The molecule has 3 unspecified atom stereocenters. The molecule has 1 aromatic rings. The van der Waals surface area contributed by atoms with Crippen LogP contribution < -0.4 is 5.73 Å². The Bertz CT molecular complexity index is 332. The Balaban J connectivity index is 0.00000144. The fourth-order valence-electron chi connectivity index (χ4n) is 2.43. The fraction of sp³-hybridized carbons (Fsp3) is 0.615. The summed E-state index contributed by atoms with van der Waals surface area (Å²) >= 11 is 0. The minimum Gasteiger partial charge on any atom is -0.328 e. The maximum Gasteiger partial charge on any atom is 0.0335 e. The number of pyridine rings is 1. The zero-order chi connectivity index (χ0) is 11.5. The first kappa shape index (κ1) is 17.6. The molecule has 3 atom stereocenters. The minimum atomic E-state index is 0. The van der Waals surface area contributed by atoms with Crippen LogP contribution in [-0.2, 0) is 0 Å². The molecule has 2 N–H and O–H groups in total. The molecule has 1 aromatic heterocycles. The Labute approximate surface area is 122 Å². The second kappa shape index (κ2) is 7.95. The molecule has 18 heavy (non-hydrogen) atoms. The van der Waals surface area contributed by atoms with Crippen molar-refractivity contribution in [2.75, 3.05) is 13.1 Å². The number of aromatic nitrogens is 1. The van der Waals surface area contributed by atoms with Crippen molar-refractivity contribution in [1.29, 1.82) is 0 Å². The van der Waals surface area contributed by atoms with Crippen LogP contribution in [0.2, 0.25) is 0 Å². The summed E-state index contributed by atoms with van der Waals surface area (Å²) in [5.74, 6) is 0.652. The third-order valence-corrected chi connectivity index (χ3v) is 3.71. The number of rotatable bonds is 3. The van der Waals surface area contributed by atoms with Gasteiger partial charge in [0.2, 0.25) is 0 Å². The van der Waals surface area contributed by atoms with Gasteiger partial charge in [-0.1, -0.05) is 6.07 Å². The molecule has 0 saturated carbocycles. The van der Waals surface area contributed by atoms with E-state index in [9.17, 15) is 0 Å². The molecule has 1 fully saturated rings. The van der Waals surface area contributed by atoms with Gasteiger partial charge in [0.1, 0.15) is 0 Å². The van der Waals surface area contributed by atoms with E-state index in [1.807, 2.05) is 18.5 Å². The summed E-state index contributed by atoms with van der Waals surface area (Å²) in [6.45, 7) is 6.64. The Morgan fingerprint density at radius 3 is 2.61 bits per heavy atom. The predicted molar refractivity (Wildman–Crippen MR) is 80.5 cm³/mol. The Hall–Kier alpha value is -0.350. The fourth-order valence-corrected chi connectivity index (χ4v) is 2.43. The molecular weight excluding hydrogens is 269 g/mol. The van der Waals surface area contributed by atoms with Crippen molar-refractivity contribution in [3.63, 3.8) is 0 Å². The highest BCUT2D eigenvalue weighted by Gasteiger charge is 2.28. The molecule has 1 aliphatic rings. The van der Waals surface area contributed by atoms with Crippen LogP contribution in [0.3, 0.4) is 0 Å². The first-order chi connectivity index (χ1) is 7.68. The van der Waals surface area contributed by atoms with Crippen molar-refractivity contribution in [2.45, 2.75) is 32.4 Å². The maximum absolute atomic E-state index is 5.96. The third kappa shape index (κ3) is 4.09. The average molecular weight is 292 g/mol. The van der Waals surface area contributed by atoms with Crippen LogP contribution in [0.1, 0.15) is 31.9 Å². The Morgan fingerprint density at radius 2 is 2.11 bits per heavy atom. The second-order valence-electron chi connectivity index (χ2n) is 4.87. The largest absolute Gasteiger partial charge is 0.328 e. The van der Waals surface area contributed by atoms with Gasteiger partial charge in [0.25, 0.3) is 0 Å². The first-order valence-electron chi connectivity index (χ1n) is 6.08. The maximum atomic E-state index is 5.96. The van der Waals surface area contributed by atoms with Crippen LogP contribution >= 0.6 is 24.8 Å². The zero-order valence-electron chi connectivity index (χ0n) is 11.0. The lowest BCUT2D eigenvalue weighted by molar-refractivity contribution is 0.248. The molecule has 1 aliphatic heterocycles. The number of hydrogen-bond donors (Lipinski definition) is 1. The lowest BCUT2D eigenvalue weighted by Gasteiger charge is -2.25. The standard InChI is InChI=1S/C13H21N3.2ClH/c1-10(14)13-5-7-16(9-13)11(2)12-4-3-6-15-8-12;;/h3-4,6,8,10-11,13H,5,7,9,14H2,1-2H3;2*1H. The van der Waals surface area contributed by atoms with Crippen molar-refractivity contribution in [3.8, 4) is 0 Å². The van der Waals surface area contributed by atoms with Gasteiger partial charge in [-0.2, -0.15) is 0 Å². The molecule has 0 radical (unpaired) electrons. The summed E-state index contributed by atoms with van der Waals surface area (Å²) in [5, 5.41) is 0. The van der Waals surface area contributed by atoms with Gasteiger partial charge in [-0.3, -0.25) is 9.88 Å². The summed E-state index contributed by atoms with van der Waals surface area (Å²) < 4.78 is 0. The molecule has 0 aliphatic carbocycles. The summed E-state index contributed by atoms with van der Waals surface area (Å²) in [7, 11) is 0. The van der Waals surface area contributed by atoms with Gasteiger partial charge in [-0.05, 0) is 44.4 Å². The van der Waals surface area contributed by atoms with Gasteiger partial charge in [0, 0.05) is 31.0 Å². The SMILES string of the molecule is CC(N)C1CCN(C(C)c2cccnc2)C1.Cl.Cl. The molecule has 0 amide bonds. The van der Waals surface area contributed by atoms with Gasteiger partial charge in [-0.25, -0.2) is 0 Å². The molecular formula is C13H23Cl2N3. The third-order valence-electron chi connectivity index (χ3n) is 3.71. The van der Waals surface area contributed by atoms with E-state index < -0.39 is 0 Å². The lowest BCUT2D eigenvalue weighted by Crippen LogP contribution is -2.31. The number of likely N-dealkylation sites (tertiary alicyclic amines) is 1. The molecule has 0 aromatic carbocycles. The highest BCUT2D eigenvalue weighted by molar-refractivity contribution is 5.85. The van der Waals surface area contributed by atoms with Crippen LogP contribution in [0.5, 0.6) is 0 Å². The predicted octanol–water partition coefficient (Wildman–Crippen LogP) is 2.66. The van der Waals surface area contributed by atoms with Crippen LogP contribution in [0.15, 0.2) is 24.5 Å². The molecule has 1 saturated heterocycles. The molecule has 5 heteroatoms. The molecule has 2 rings (SSSR count). The summed E-state index contributed by atoms with van der Waals surface area (Å²) in [5.41, 5.74) is 7.26. The molecule has 2 heterocycles. The Kier molecular flexibility index (Phi) is 7.79. The number of halogens is 2. The summed E-state index contributed by atoms with van der Waals surface area (Å²) in [6.07, 6.45) is 5.01. The smallest absolute Gasteiger partial charge is 0.0335 e. The lowest BCUT2D eigenvalue weighted by atomic mass is 10.0. The first-order valence-corrected chi connectivity index (χ1v) is 6.08. The van der Waals surface area contributed by atoms with Crippen molar-refractivity contribution in [3.05, 3.63) is 30.1 Å². The molecule has 0 bridgehead atoms. The van der Waals surface area contributed by atoms with Crippen molar-refractivity contribution in [2.24, 2.45) is 11.7 Å². The normalized spacial score (nSPS) is 22.7. The highest BCUT2D eigenvalue weighted by Crippen LogP contribution is 2.27. The van der Waals surface area contributed by atoms with Gasteiger partial charge in [0.05, 0.1) is 0 Å². The van der Waals surface area contributed by atoms with E-state index in [0.29, 0.717) is 18.0 Å². The van der Waals surface area contributed by atoms with E-state index in [-0.39, 0.29) is 24.8 Å². The summed E-state index contributed by atoms with van der Waals surface area (Å²) in [4.78, 5) is 6.68. The highest BCUT2D eigenvalue weighted by atomic mass is 35.5. The topological polar surface area (TPSA) is 42.1 Å². The summed E-state index contributed by atoms with van der Waals surface area (Å²) in [6, 6.07) is 4.92. The zero-order valence-corrected chi connectivity index (χ0v) is 12.6. The molecule has 3 nitrogen and oxygen atoms in total. The average Bonchev–Trinajstić information content (AvgIpc) is 2.78. The minimum absolute atomic E-state index is 0.